The third kappa shape index (κ3) is 4.87. The highest BCUT2D eigenvalue weighted by Gasteiger charge is 2.40. The van der Waals surface area contributed by atoms with Gasteiger partial charge in [0.05, 0.1) is 12.2 Å². The van der Waals surface area contributed by atoms with Crippen LogP contribution in [-0.2, 0) is 22.5 Å². The molecule has 0 saturated heterocycles. The summed E-state index contributed by atoms with van der Waals surface area (Å²) >= 11 is 6.62. The molecule has 0 unspecified atom stereocenters. The van der Waals surface area contributed by atoms with E-state index in [1.165, 1.54) is 4.90 Å². The summed E-state index contributed by atoms with van der Waals surface area (Å²) in [4.78, 5) is 30.2. The standard InChI is InChI=1S/C29H29ClN4O4/c1-29(2,37-4)14-12-19-10-11-22-24(16-19)38-18-23(27(35)32(22)3)33-15-13-21-25(28(33)36)31-34(26(21)30)17-20-8-6-5-7-9-20/h5-11,16,23H,13,15,17-18H2,1-4H3/t23-/m1/s1. The summed E-state index contributed by atoms with van der Waals surface area (Å²) in [6.45, 7) is 4.59. The fourth-order valence-electron chi connectivity index (χ4n) is 4.56. The molecule has 1 aromatic heterocycles. The van der Waals surface area contributed by atoms with Crippen LogP contribution >= 0.6 is 11.6 Å². The van der Waals surface area contributed by atoms with Crippen LogP contribution in [-0.4, -0.2) is 65.4 Å². The van der Waals surface area contributed by atoms with Crippen molar-refractivity contribution in [2.45, 2.75) is 38.5 Å². The van der Waals surface area contributed by atoms with Crippen molar-refractivity contribution in [3.8, 4) is 17.6 Å². The Morgan fingerprint density at radius 2 is 1.95 bits per heavy atom. The molecule has 3 aromatic rings. The molecule has 0 saturated carbocycles. The normalized spacial score (nSPS) is 17.2. The number of aromatic nitrogens is 2. The fraction of sp³-hybridized carbons (Fsp3) is 0.345. The van der Waals surface area contributed by atoms with Crippen LogP contribution in [0.5, 0.6) is 5.75 Å². The zero-order chi connectivity index (χ0) is 27.0. The number of hydrogen-bond donors (Lipinski definition) is 0. The van der Waals surface area contributed by atoms with E-state index in [0.29, 0.717) is 41.7 Å². The molecule has 196 valence electrons. The van der Waals surface area contributed by atoms with Gasteiger partial charge in [0.1, 0.15) is 29.2 Å². The van der Waals surface area contributed by atoms with E-state index in [1.54, 1.807) is 35.9 Å². The number of halogens is 1. The predicted molar refractivity (Wildman–Crippen MR) is 145 cm³/mol. The molecule has 0 radical (unpaired) electrons. The van der Waals surface area contributed by atoms with Gasteiger partial charge in [-0.15, -0.1) is 0 Å². The van der Waals surface area contributed by atoms with E-state index in [0.717, 1.165) is 11.1 Å². The van der Waals surface area contributed by atoms with Crippen LogP contribution in [0.25, 0.3) is 0 Å². The Kier molecular flexibility index (Phi) is 6.91. The number of rotatable bonds is 4. The summed E-state index contributed by atoms with van der Waals surface area (Å²) in [6.07, 6.45) is 0.504. The van der Waals surface area contributed by atoms with Crippen LogP contribution < -0.4 is 9.64 Å². The number of likely N-dealkylation sites (N-methyl/N-ethyl adjacent to an activating group) is 1. The van der Waals surface area contributed by atoms with Crippen molar-refractivity contribution in [1.29, 1.82) is 0 Å². The second kappa shape index (κ2) is 10.2. The summed E-state index contributed by atoms with van der Waals surface area (Å²) in [5.41, 5.74) is 2.80. The molecule has 2 aliphatic rings. The van der Waals surface area contributed by atoms with Crippen molar-refractivity contribution in [2.75, 3.05) is 32.2 Å². The third-order valence-electron chi connectivity index (χ3n) is 6.95. The molecule has 2 aliphatic heterocycles. The number of benzene rings is 2. The monoisotopic (exact) mass is 532 g/mol. The third-order valence-corrected chi connectivity index (χ3v) is 7.37. The first kappa shape index (κ1) is 25.8. The molecule has 0 fully saturated rings. The average Bonchev–Trinajstić information content (AvgIpc) is 3.18. The van der Waals surface area contributed by atoms with Gasteiger partial charge in [-0.3, -0.25) is 9.59 Å². The first-order chi connectivity index (χ1) is 18.2. The van der Waals surface area contributed by atoms with E-state index in [4.69, 9.17) is 21.1 Å². The number of anilines is 1. The van der Waals surface area contributed by atoms with Crippen molar-refractivity contribution >= 4 is 29.1 Å². The Morgan fingerprint density at radius 3 is 2.68 bits per heavy atom. The number of hydrogen-bond acceptors (Lipinski definition) is 5. The van der Waals surface area contributed by atoms with Gasteiger partial charge in [-0.05, 0) is 44.0 Å². The molecular weight excluding hydrogens is 504 g/mol. The fourth-order valence-corrected chi connectivity index (χ4v) is 4.85. The summed E-state index contributed by atoms with van der Waals surface area (Å²) in [5.74, 6) is 6.17. The quantitative estimate of drug-likeness (QED) is 0.478. The van der Waals surface area contributed by atoms with Crippen LogP contribution in [0.2, 0.25) is 5.15 Å². The maximum Gasteiger partial charge on any atom is 0.275 e. The molecule has 1 atom stereocenters. The molecule has 0 spiro atoms. The van der Waals surface area contributed by atoms with E-state index in [1.807, 2.05) is 50.2 Å². The Labute approximate surface area is 227 Å². The van der Waals surface area contributed by atoms with Gasteiger partial charge >= 0.3 is 0 Å². The molecule has 0 aliphatic carbocycles. The highest BCUT2D eigenvalue weighted by Crippen LogP contribution is 2.34. The molecular formula is C29H29ClN4O4. The molecule has 0 bridgehead atoms. The average molecular weight is 533 g/mol. The lowest BCUT2D eigenvalue weighted by Gasteiger charge is -2.33. The zero-order valence-corrected chi connectivity index (χ0v) is 22.6. The van der Waals surface area contributed by atoms with Gasteiger partial charge in [0.2, 0.25) is 0 Å². The van der Waals surface area contributed by atoms with Crippen molar-refractivity contribution in [3.63, 3.8) is 0 Å². The number of carbonyl (C=O) groups excluding carboxylic acids is 2. The maximum absolute atomic E-state index is 13.6. The first-order valence-electron chi connectivity index (χ1n) is 12.4. The number of carbonyl (C=O) groups is 2. The van der Waals surface area contributed by atoms with Crippen LogP contribution in [0, 0.1) is 11.8 Å². The molecule has 5 rings (SSSR count). The van der Waals surface area contributed by atoms with Crippen molar-refractivity contribution in [3.05, 3.63) is 76.1 Å². The van der Waals surface area contributed by atoms with Gasteiger partial charge in [-0.1, -0.05) is 53.8 Å². The minimum Gasteiger partial charge on any atom is -0.489 e. The second-order valence-corrected chi connectivity index (χ2v) is 10.2. The number of methoxy groups -OCH3 is 1. The molecule has 9 heteroatoms. The number of fused-ring (bicyclic) bond motifs is 2. The Morgan fingerprint density at radius 1 is 1.18 bits per heavy atom. The van der Waals surface area contributed by atoms with Gasteiger partial charge in [0, 0.05) is 31.8 Å². The summed E-state index contributed by atoms with van der Waals surface area (Å²) in [7, 11) is 3.30. The van der Waals surface area contributed by atoms with Gasteiger partial charge in [0.15, 0.2) is 5.69 Å². The van der Waals surface area contributed by atoms with E-state index in [-0.39, 0.29) is 24.1 Å². The van der Waals surface area contributed by atoms with Crippen LogP contribution in [0.1, 0.15) is 41.0 Å². The Bertz CT molecular complexity index is 1450. The van der Waals surface area contributed by atoms with E-state index < -0.39 is 11.6 Å². The second-order valence-electron chi connectivity index (χ2n) is 9.88. The van der Waals surface area contributed by atoms with Crippen molar-refractivity contribution < 1.29 is 19.1 Å². The molecule has 8 nitrogen and oxygen atoms in total. The van der Waals surface area contributed by atoms with Gasteiger partial charge in [-0.2, -0.15) is 5.10 Å². The highest BCUT2D eigenvalue weighted by atomic mass is 35.5. The lowest BCUT2D eigenvalue weighted by molar-refractivity contribution is -0.123. The number of amides is 2. The largest absolute Gasteiger partial charge is 0.489 e. The SMILES string of the molecule is COC(C)(C)C#Cc1ccc2c(c1)OC[C@@H](N1CCc3c(nn(Cc4ccccc4)c3Cl)C1=O)C(=O)N2C. The van der Waals surface area contributed by atoms with Gasteiger partial charge in [-0.25, -0.2) is 4.68 Å². The van der Waals surface area contributed by atoms with Gasteiger partial charge in [0.25, 0.3) is 11.8 Å². The molecule has 3 heterocycles. The first-order valence-corrected chi connectivity index (χ1v) is 12.8. The predicted octanol–water partition coefficient (Wildman–Crippen LogP) is 3.78. The highest BCUT2D eigenvalue weighted by molar-refractivity contribution is 6.31. The molecule has 38 heavy (non-hydrogen) atoms. The van der Waals surface area contributed by atoms with E-state index in [2.05, 4.69) is 16.9 Å². The van der Waals surface area contributed by atoms with Gasteiger partial charge < -0.3 is 19.3 Å². The van der Waals surface area contributed by atoms with Crippen LogP contribution in [0.15, 0.2) is 48.5 Å². The smallest absolute Gasteiger partial charge is 0.275 e. The zero-order valence-electron chi connectivity index (χ0n) is 21.8. The summed E-state index contributed by atoms with van der Waals surface area (Å²) < 4.78 is 13.1. The lowest BCUT2D eigenvalue weighted by Crippen LogP contribution is -2.54. The van der Waals surface area contributed by atoms with Crippen molar-refractivity contribution in [1.82, 2.24) is 14.7 Å². The maximum atomic E-state index is 13.6. The van der Waals surface area contributed by atoms with Crippen molar-refractivity contribution in [2.24, 2.45) is 0 Å². The number of nitrogens with zero attached hydrogens (tertiary/aromatic N) is 4. The Hall–Kier alpha value is -3.80. The van der Waals surface area contributed by atoms with Crippen LogP contribution in [0.3, 0.4) is 0 Å². The molecule has 0 N–H and O–H groups in total. The minimum atomic E-state index is -0.798. The summed E-state index contributed by atoms with van der Waals surface area (Å²) in [6, 6.07) is 14.5. The minimum absolute atomic E-state index is 0.0240. The van der Waals surface area contributed by atoms with E-state index in [9.17, 15) is 9.59 Å². The van der Waals surface area contributed by atoms with Crippen LogP contribution in [0.4, 0.5) is 5.69 Å². The topological polar surface area (TPSA) is 76.9 Å². The number of ether oxygens (including phenoxy) is 2. The lowest BCUT2D eigenvalue weighted by atomic mass is 10.0. The molecule has 2 aromatic carbocycles. The summed E-state index contributed by atoms with van der Waals surface area (Å²) in [5, 5.41) is 4.99. The molecule has 2 amide bonds. The Balaban J connectivity index is 1.38. The van der Waals surface area contributed by atoms with E-state index >= 15 is 0 Å².